The van der Waals surface area contributed by atoms with E-state index in [0.717, 1.165) is 0 Å². The highest BCUT2D eigenvalue weighted by atomic mass is 32.1. The van der Waals surface area contributed by atoms with Crippen LogP contribution in [0.25, 0.3) is 0 Å². The number of thiophene rings is 1. The molecule has 1 aromatic heterocycles. The summed E-state index contributed by atoms with van der Waals surface area (Å²) in [6, 6.07) is 10.7. The standard InChI is InChI=1S/C16H16N2O2S/c1-11-7-8-21-14(11)10-17-13-9-15(19)18(16(13)20)12-5-3-2-4-6-12/h2-8,13,17H,9-10H2,1H3. The first-order valence-corrected chi connectivity index (χ1v) is 7.73. The minimum absolute atomic E-state index is 0.147. The Hall–Kier alpha value is -1.98. The Labute approximate surface area is 127 Å². The van der Waals surface area contributed by atoms with Crippen molar-refractivity contribution in [1.82, 2.24) is 5.32 Å². The van der Waals surface area contributed by atoms with Gasteiger partial charge in [0.2, 0.25) is 5.91 Å². The van der Waals surface area contributed by atoms with Crippen LogP contribution in [0.4, 0.5) is 5.69 Å². The zero-order valence-electron chi connectivity index (χ0n) is 11.7. The van der Waals surface area contributed by atoms with Crippen LogP contribution >= 0.6 is 11.3 Å². The predicted molar refractivity (Wildman–Crippen MR) is 83.2 cm³/mol. The van der Waals surface area contributed by atoms with E-state index in [9.17, 15) is 9.59 Å². The van der Waals surface area contributed by atoms with Crippen molar-refractivity contribution in [1.29, 1.82) is 0 Å². The lowest BCUT2D eigenvalue weighted by Crippen LogP contribution is -2.38. The summed E-state index contributed by atoms with van der Waals surface area (Å²) in [6.45, 7) is 2.67. The van der Waals surface area contributed by atoms with Crippen LogP contribution in [0.5, 0.6) is 0 Å². The number of anilines is 1. The molecule has 1 aliphatic heterocycles. The molecule has 108 valence electrons. The largest absolute Gasteiger partial charge is 0.300 e. The SMILES string of the molecule is Cc1ccsc1CNC1CC(=O)N(c2ccccc2)C1=O. The molecule has 0 bridgehead atoms. The fourth-order valence-corrected chi connectivity index (χ4v) is 3.30. The van der Waals surface area contributed by atoms with E-state index in [-0.39, 0.29) is 18.2 Å². The van der Waals surface area contributed by atoms with Crippen LogP contribution in [-0.4, -0.2) is 17.9 Å². The van der Waals surface area contributed by atoms with Gasteiger partial charge in [0.15, 0.2) is 0 Å². The van der Waals surface area contributed by atoms with E-state index in [1.54, 1.807) is 23.5 Å². The fourth-order valence-electron chi connectivity index (χ4n) is 2.44. The summed E-state index contributed by atoms with van der Waals surface area (Å²) < 4.78 is 0. The summed E-state index contributed by atoms with van der Waals surface area (Å²) in [5.41, 5.74) is 1.85. The van der Waals surface area contributed by atoms with Crippen LogP contribution in [0.2, 0.25) is 0 Å². The monoisotopic (exact) mass is 300 g/mol. The van der Waals surface area contributed by atoms with Crippen LogP contribution in [-0.2, 0) is 16.1 Å². The lowest BCUT2D eigenvalue weighted by molar-refractivity contribution is -0.121. The molecule has 0 spiro atoms. The van der Waals surface area contributed by atoms with Crippen molar-refractivity contribution in [2.75, 3.05) is 4.90 Å². The number of nitrogens with zero attached hydrogens (tertiary/aromatic N) is 1. The molecule has 1 atom stereocenters. The van der Waals surface area contributed by atoms with Crippen molar-refractivity contribution in [2.24, 2.45) is 0 Å². The first-order valence-electron chi connectivity index (χ1n) is 6.85. The number of amides is 2. The smallest absolute Gasteiger partial charge is 0.251 e. The molecule has 0 saturated carbocycles. The van der Waals surface area contributed by atoms with Gasteiger partial charge >= 0.3 is 0 Å². The van der Waals surface area contributed by atoms with E-state index in [2.05, 4.69) is 11.4 Å². The van der Waals surface area contributed by atoms with E-state index in [1.807, 2.05) is 30.5 Å². The number of aryl methyl sites for hydroxylation is 1. The summed E-state index contributed by atoms with van der Waals surface area (Å²) in [5.74, 6) is -0.313. The van der Waals surface area contributed by atoms with Gasteiger partial charge in [-0.1, -0.05) is 18.2 Å². The molecule has 2 heterocycles. The maximum atomic E-state index is 12.4. The van der Waals surface area contributed by atoms with Gasteiger partial charge < -0.3 is 5.32 Å². The second kappa shape index (κ2) is 5.79. The third-order valence-corrected chi connectivity index (χ3v) is 4.66. The summed E-state index contributed by atoms with van der Waals surface area (Å²) in [6.07, 6.45) is 0.220. The van der Waals surface area contributed by atoms with E-state index in [0.29, 0.717) is 12.2 Å². The van der Waals surface area contributed by atoms with Crippen molar-refractivity contribution in [3.63, 3.8) is 0 Å². The Bertz CT molecular complexity index is 666. The van der Waals surface area contributed by atoms with Crippen molar-refractivity contribution >= 4 is 28.8 Å². The number of benzene rings is 1. The van der Waals surface area contributed by atoms with Crippen LogP contribution in [0.15, 0.2) is 41.8 Å². The van der Waals surface area contributed by atoms with E-state index in [1.165, 1.54) is 15.3 Å². The van der Waals surface area contributed by atoms with Gasteiger partial charge in [-0.2, -0.15) is 0 Å². The number of hydrogen-bond acceptors (Lipinski definition) is 4. The number of carbonyl (C=O) groups excluding carboxylic acids is 2. The molecule has 1 aliphatic rings. The molecular weight excluding hydrogens is 284 g/mol. The Kier molecular flexibility index (Phi) is 3.86. The Morgan fingerprint density at radius 1 is 1.24 bits per heavy atom. The summed E-state index contributed by atoms with van der Waals surface area (Å²) in [7, 11) is 0. The van der Waals surface area contributed by atoms with E-state index < -0.39 is 6.04 Å². The topological polar surface area (TPSA) is 49.4 Å². The quantitative estimate of drug-likeness (QED) is 0.883. The van der Waals surface area contributed by atoms with Gasteiger partial charge in [-0.25, -0.2) is 4.90 Å². The maximum absolute atomic E-state index is 12.4. The number of imide groups is 1. The Morgan fingerprint density at radius 2 is 2.00 bits per heavy atom. The molecule has 0 aliphatic carbocycles. The number of hydrogen-bond donors (Lipinski definition) is 1. The first-order chi connectivity index (χ1) is 10.2. The van der Waals surface area contributed by atoms with Crippen molar-refractivity contribution in [3.8, 4) is 0 Å². The molecular formula is C16H16N2O2S. The zero-order chi connectivity index (χ0) is 14.8. The highest BCUT2D eigenvalue weighted by Gasteiger charge is 2.39. The molecule has 21 heavy (non-hydrogen) atoms. The molecule has 1 saturated heterocycles. The van der Waals surface area contributed by atoms with Crippen LogP contribution in [0.3, 0.4) is 0 Å². The van der Waals surface area contributed by atoms with Gasteiger partial charge in [0, 0.05) is 11.4 Å². The molecule has 2 amide bonds. The van der Waals surface area contributed by atoms with Crippen LogP contribution in [0, 0.1) is 6.92 Å². The zero-order valence-corrected chi connectivity index (χ0v) is 12.5. The van der Waals surface area contributed by atoms with Gasteiger partial charge in [-0.3, -0.25) is 9.59 Å². The number of para-hydroxylation sites is 1. The second-order valence-electron chi connectivity index (χ2n) is 5.07. The third kappa shape index (κ3) is 2.75. The Morgan fingerprint density at radius 3 is 2.67 bits per heavy atom. The molecule has 5 heteroatoms. The summed E-state index contributed by atoms with van der Waals surface area (Å²) in [5, 5.41) is 5.24. The highest BCUT2D eigenvalue weighted by Crippen LogP contribution is 2.23. The van der Waals surface area contributed by atoms with E-state index in [4.69, 9.17) is 0 Å². The van der Waals surface area contributed by atoms with Crippen molar-refractivity contribution in [3.05, 3.63) is 52.2 Å². The van der Waals surface area contributed by atoms with Gasteiger partial charge in [0.05, 0.1) is 18.2 Å². The average Bonchev–Trinajstić information content (AvgIpc) is 3.01. The predicted octanol–water partition coefficient (Wildman–Crippen LogP) is 2.48. The molecule has 3 rings (SSSR count). The van der Waals surface area contributed by atoms with Crippen LogP contribution < -0.4 is 10.2 Å². The minimum atomic E-state index is -0.431. The number of rotatable bonds is 4. The van der Waals surface area contributed by atoms with Crippen LogP contribution in [0.1, 0.15) is 16.9 Å². The van der Waals surface area contributed by atoms with Gasteiger partial charge in [0.1, 0.15) is 0 Å². The molecule has 1 aromatic carbocycles. The van der Waals surface area contributed by atoms with Gasteiger partial charge in [0.25, 0.3) is 5.91 Å². The molecule has 1 unspecified atom stereocenters. The van der Waals surface area contributed by atoms with Gasteiger partial charge in [-0.15, -0.1) is 11.3 Å². The van der Waals surface area contributed by atoms with E-state index >= 15 is 0 Å². The molecule has 2 aromatic rings. The maximum Gasteiger partial charge on any atom is 0.251 e. The fraction of sp³-hybridized carbons (Fsp3) is 0.250. The first kappa shape index (κ1) is 14.0. The number of carbonyl (C=O) groups is 2. The molecule has 1 N–H and O–H groups in total. The Balaban J connectivity index is 1.71. The minimum Gasteiger partial charge on any atom is -0.300 e. The van der Waals surface area contributed by atoms with Crippen molar-refractivity contribution < 1.29 is 9.59 Å². The highest BCUT2D eigenvalue weighted by molar-refractivity contribution is 7.10. The second-order valence-corrected chi connectivity index (χ2v) is 6.07. The molecule has 4 nitrogen and oxygen atoms in total. The number of nitrogens with one attached hydrogen (secondary N) is 1. The summed E-state index contributed by atoms with van der Waals surface area (Å²) in [4.78, 5) is 27.0. The average molecular weight is 300 g/mol. The third-order valence-electron chi connectivity index (χ3n) is 3.64. The lowest BCUT2D eigenvalue weighted by Gasteiger charge is -2.15. The lowest BCUT2D eigenvalue weighted by atomic mass is 10.2. The molecule has 1 fully saturated rings. The van der Waals surface area contributed by atoms with Gasteiger partial charge in [-0.05, 0) is 36.1 Å². The normalized spacial score (nSPS) is 18.5. The molecule has 0 radical (unpaired) electrons. The van der Waals surface area contributed by atoms with Crippen molar-refractivity contribution in [2.45, 2.75) is 25.9 Å². The summed E-state index contributed by atoms with van der Waals surface area (Å²) >= 11 is 1.66.